The molecule has 0 aliphatic carbocycles. The second kappa shape index (κ2) is 11.2. The van der Waals surface area contributed by atoms with Gasteiger partial charge in [0.1, 0.15) is 0 Å². The maximum absolute atomic E-state index is 10.0. The number of allylic oxidation sites excluding steroid dienone is 2. The minimum Gasteiger partial charge on any atom is -0.512 e. The summed E-state index contributed by atoms with van der Waals surface area (Å²) in [5.74, 6) is -0.0625. The molecule has 1 atom stereocenters. The van der Waals surface area contributed by atoms with Gasteiger partial charge in [-0.2, -0.15) is 0 Å². The van der Waals surface area contributed by atoms with E-state index in [0.29, 0.717) is 0 Å². The third kappa shape index (κ3) is 5.23. The molecule has 1 aromatic heterocycles. The molecule has 7 heteroatoms. The fourth-order valence-corrected chi connectivity index (χ4v) is 18.4. The summed E-state index contributed by atoms with van der Waals surface area (Å²) in [6, 6.07) is 31.2. The quantitative estimate of drug-likeness (QED) is 0.112. The molecule has 2 aliphatic rings. The summed E-state index contributed by atoms with van der Waals surface area (Å²) in [6.07, 6.45) is 3.07. The van der Waals surface area contributed by atoms with Gasteiger partial charge in [0.15, 0.2) is 5.78 Å². The van der Waals surface area contributed by atoms with Gasteiger partial charge in [0, 0.05) is 33.3 Å². The summed E-state index contributed by atoms with van der Waals surface area (Å²) in [7, 11) is -4.26. The van der Waals surface area contributed by atoms with Gasteiger partial charge in [-0.05, 0) is 46.6 Å². The zero-order valence-electron chi connectivity index (χ0n) is 23.1. The molecule has 0 spiro atoms. The topological polar surface area (TPSA) is 50.2 Å². The van der Waals surface area contributed by atoms with Crippen molar-refractivity contribution in [1.29, 1.82) is 0 Å². The van der Waals surface area contributed by atoms with Crippen LogP contribution in [0.15, 0.2) is 90.8 Å². The van der Waals surface area contributed by atoms with Crippen LogP contribution < -0.4 is 36.7 Å². The van der Waals surface area contributed by atoms with E-state index in [1.807, 2.05) is 12.3 Å². The molecule has 3 aromatic carbocycles. The van der Waals surface area contributed by atoms with E-state index >= 15 is 0 Å². The Labute approximate surface area is 249 Å². The van der Waals surface area contributed by atoms with Crippen molar-refractivity contribution >= 4 is 66.5 Å². The van der Waals surface area contributed by atoms with E-state index in [1.54, 1.807) is 31.5 Å². The third-order valence-corrected chi connectivity index (χ3v) is 18.0. The number of hydrogen-bond acceptors (Lipinski definition) is 3. The molecule has 4 aromatic rings. The number of aliphatic hydroxyl groups excluding tert-OH is 1. The number of hydrogen-bond donors (Lipinski definition) is 1. The minimum atomic E-state index is -1.88. The largest absolute Gasteiger partial charge is 0.512 e. The molecule has 6 rings (SSSR count). The second-order valence-corrected chi connectivity index (χ2v) is 21.7. The Hall–Kier alpha value is -2.43. The Bertz CT molecular complexity index is 1500. The summed E-state index contributed by atoms with van der Waals surface area (Å²) in [5.41, 5.74) is 2.21. The molecule has 3 heterocycles. The number of fused-ring (bicyclic) bond motifs is 4. The zero-order chi connectivity index (χ0) is 27.2. The van der Waals surface area contributed by atoms with E-state index in [4.69, 9.17) is 10.1 Å². The first-order chi connectivity index (χ1) is 18.0. The summed E-state index contributed by atoms with van der Waals surface area (Å²) in [4.78, 5) is 14.7. The molecule has 0 saturated heterocycles. The van der Waals surface area contributed by atoms with Crippen LogP contribution in [0.3, 0.4) is 0 Å². The Morgan fingerprint density at radius 3 is 1.92 bits per heavy atom. The average molecular weight is 746 g/mol. The van der Waals surface area contributed by atoms with E-state index in [9.17, 15) is 4.79 Å². The first kappa shape index (κ1) is 29.6. The van der Waals surface area contributed by atoms with Gasteiger partial charge in [-0.1, -0.05) is 100 Å². The van der Waals surface area contributed by atoms with Crippen molar-refractivity contribution in [1.82, 2.24) is 4.98 Å². The van der Waals surface area contributed by atoms with Crippen molar-refractivity contribution in [3.05, 3.63) is 96.9 Å². The fourth-order valence-electron chi connectivity index (χ4n) is 5.74. The maximum atomic E-state index is 10.0. The van der Waals surface area contributed by atoms with Crippen LogP contribution in [0.2, 0.25) is 26.2 Å². The number of carbonyl (C=O) groups excluding carboxylic acids is 1. The Balaban J connectivity index is 0.000000394. The van der Waals surface area contributed by atoms with Crippen molar-refractivity contribution in [2.45, 2.75) is 40.0 Å². The van der Waals surface area contributed by atoms with Crippen LogP contribution in [-0.4, -0.2) is 32.0 Å². The normalized spacial score (nSPS) is 17.3. The van der Waals surface area contributed by atoms with Gasteiger partial charge < -0.3 is 10.1 Å². The first-order valence-electron chi connectivity index (χ1n) is 12.9. The summed E-state index contributed by atoms with van der Waals surface area (Å²) < 4.78 is 0. The van der Waals surface area contributed by atoms with Crippen LogP contribution in [0.5, 0.6) is 0 Å². The number of rotatable bonds is 2. The molecule has 0 saturated carbocycles. The Morgan fingerprint density at radius 1 is 0.846 bits per heavy atom. The minimum absolute atomic E-state index is 0. The van der Waals surface area contributed by atoms with Crippen LogP contribution >= 0.6 is 7.92 Å². The van der Waals surface area contributed by atoms with Gasteiger partial charge in [-0.3, -0.25) is 4.79 Å². The molecule has 1 unspecified atom stereocenters. The van der Waals surface area contributed by atoms with Crippen molar-refractivity contribution in [2.75, 3.05) is 0 Å². The van der Waals surface area contributed by atoms with Gasteiger partial charge in [0.2, 0.25) is 0 Å². The number of aromatic nitrogens is 1. The number of nitrogens with zero attached hydrogens (tertiary/aromatic N) is 1. The van der Waals surface area contributed by atoms with E-state index in [-0.39, 0.29) is 32.6 Å². The predicted molar refractivity (Wildman–Crippen MR) is 168 cm³/mol. The zero-order valence-corrected chi connectivity index (χ0v) is 28.3. The molecule has 2 aliphatic heterocycles. The number of carbonyl (C=O) groups is 1. The van der Waals surface area contributed by atoms with Gasteiger partial charge in [-0.25, -0.2) is 0 Å². The smallest absolute Gasteiger partial charge is 0.155 e. The van der Waals surface area contributed by atoms with Crippen LogP contribution in [0, 0.1) is 6.07 Å². The number of ketones is 1. The molecule has 0 amide bonds. The van der Waals surface area contributed by atoms with Crippen molar-refractivity contribution in [3.63, 3.8) is 0 Å². The van der Waals surface area contributed by atoms with Crippen molar-refractivity contribution < 1.29 is 31.0 Å². The number of aliphatic hydroxyl groups is 1. The molecule has 0 bridgehead atoms. The van der Waals surface area contributed by atoms with E-state index in [2.05, 4.69) is 99.0 Å². The summed E-state index contributed by atoms with van der Waals surface area (Å²) in [6.45, 7) is 12.9. The van der Waals surface area contributed by atoms with Crippen LogP contribution in [0.1, 0.15) is 13.8 Å². The molecule has 3 nitrogen and oxygen atoms in total. The fraction of sp³-hybridized carbons (Fsp3) is 0.188. The summed E-state index contributed by atoms with van der Waals surface area (Å²) in [5, 5.41) is 19.5. The van der Waals surface area contributed by atoms with E-state index < -0.39 is 24.1 Å². The number of benzene rings is 3. The van der Waals surface area contributed by atoms with Crippen LogP contribution in [-0.2, 0) is 25.9 Å². The van der Waals surface area contributed by atoms with Gasteiger partial charge in [0.05, 0.1) is 21.9 Å². The average Bonchev–Trinajstić information content (AvgIpc) is 2.88. The Kier molecular flexibility index (Phi) is 8.50. The molecule has 39 heavy (non-hydrogen) atoms. The van der Waals surface area contributed by atoms with Crippen molar-refractivity contribution in [2.24, 2.45) is 0 Å². The SMILES string of the molecule is CC(=O)/C=C(/C)O.C[Si]1(C)c2[c-]c(-c3ccccn3)cc3c2P(c2ccccc21)c1ccccc1[Si]3(C)C.[Pt]. The molecule has 202 valence electrons. The molecule has 0 fully saturated rings. The predicted octanol–water partition coefficient (Wildman–Crippen LogP) is 3.61. The van der Waals surface area contributed by atoms with Gasteiger partial charge >= 0.3 is 0 Å². The molecule has 0 radical (unpaired) electrons. The van der Waals surface area contributed by atoms with Crippen molar-refractivity contribution in [3.8, 4) is 11.3 Å². The van der Waals surface area contributed by atoms with E-state index in [1.165, 1.54) is 30.7 Å². The van der Waals surface area contributed by atoms with Gasteiger partial charge in [-0.15, -0.1) is 28.1 Å². The first-order valence-corrected chi connectivity index (χ1v) is 20.3. The monoisotopic (exact) mass is 745 g/mol. The van der Waals surface area contributed by atoms with Gasteiger partial charge in [0.25, 0.3) is 0 Å². The third-order valence-electron chi connectivity index (χ3n) is 7.55. The molecular weight excluding hydrogens is 713 g/mol. The van der Waals surface area contributed by atoms with Crippen LogP contribution in [0.25, 0.3) is 11.3 Å². The molecular formula is C32H33NO2PPtSi2-. The molecule has 1 N–H and O–H groups in total. The Morgan fingerprint density at radius 2 is 1.41 bits per heavy atom. The maximum Gasteiger partial charge on any atom is 0.155 e. The van der Waals surface area contributed by atoms with E-state index in [0.717, 1.165) is 5.69 Å². The standard InChI is InChI=1S/C27H25NPSi2.C5H8O2.Pt/c1-30(2)23-14-7-5-12-21(23)29-22-13-6-8-15-24(22)31(3,4)26-18-19(17-25(30)27(26)29)20-11-9-10-16-28-20;1-4(6)3-5(2)7;/h5-17H,1-4H3;3,6H,1-2H3;/q-1;;/b;4-3-;. The number of pyridine rings is 1. The second-order valence-electron chi connectivity index (χ2n) is 11.1. The summed E-state index contributed by atoms with van der Waals surface area (Å²) >= 11 is 0. The van der Waals surface area contributed by atoms with Crippen LogP contribution in [0.4, 0.5) is 0 Å².